The first-order valence-corrected chi connectivity index (χ1v) is 8.38. The standard InChI is InChI=1S/C18H13ClN2O2S/c1-11(22)16-15(12-5-3-2-4-6-12)20-18(24-16)21-17(23)13-7-9-14(19)10-8-13/h2-10H,1H3,(H,20,21,23). The van der Waals surface area contributed by atoms with Gasteiger partial charge in [-0.25, -0.2) is 4.98 Å². The molecular formula is C18H13ClN2O2S. The SMILES string of the molecule is CC(=O)c1sc(NC(=O)c2ccc(Cl)cc2)nc1-c1ccccc1. The average Bonchev–Trinajstić information content (AvgIpc) is 3.00. The molecule has 1 amide bonds. The van der Waals surface area contributed by atoms with Crippen LogP contribution in [0, 0.1) is 0 Å². The van der Waals surface area contributed by atoms with Gasteiger partial charge in [0, 0.05) is 23.1 Å². The Labute approximate surface area is 148 Å². The number of nitrogens with one attached hydrogen (secondary N) is 1. The second kappa shape index (κ2) is 6.95. The highest BCUT2D eigenvalue weighted by Gasteiger charge is 2.18. The molecule has 0 atom stereocenters. The second-order valence-electron chi connectivity index (χ2n) is 5.08. The Kier molecular flexibility index (Phi) is 4.74. The molecule has 2 aromatic carbocycles. The maximum absolute atomic E-state index is 12.3. The number of benzene rings is 2. The summed E-state index contributed by atoms with van der Waals surface area (Å²) >= 11 is 6.99. The van der Waals surface area contributed by atoms with Gasteiger partial charge in [-0.2, -0.15) is 0 Å². The minimum atomic E-state index is -0.296. The lowest BCUT2D eigenvalue weighted by Gasteiger charge is -2.01. The number of carbonyl (C=O) groups excluding carboxylic acids is 2. The third kappa shape index (κ3) is 3.53. The molecule has 0 bridgehead atoms. The van der Waals surface area contributed by atoms with E-state index in [9.17, 15) is 9.59 Å². The van der Waals surface area contributed by atoms with E-state index in [4.69, 9.17) is 11.6 Å². The van der Waals surface area contributed by atoms with Gasteiger partial charge in [0.25, 0.3) is 5.91 Å². The molecule has 6 heteroatoms. The van der Waals surface area contributed by atoms with Crippen molar-refractivity contribution in [3.63, 3.8) is 0 Å². The Morgan fingerprint density at radius 1 is 1.04 bits per heavy atom. The van der Waals surface area contributed by atoms with Crippen LogP contribution >= 0.6 is 22.9 Å². The van der Waals surface area contributed by atoms with Crippen LogP contribution in [0.5, 0.6) is 0 Å². The lowest BCUT2D eigenvalue weighted by atomic mass is 10.1. The zero-order chi connectivity index (χ0) is 17.1. The second-order valence-corrected chi connectivity index (χ2v) is 6.52. The molecule has 0 spiro atoms. The maximum atomic E-state index is 12.3. The van der Waals surface area contributed by atoms with E-state index in [1.165, 1.54) is 18.3 Å². The van der Waals surface area contributed by atoms with E-state index in [-0.39, 0.29) is 11.7 Å². The molecule has 4 nitrogen and oxygen atoms in total. The van der Waals surface area contributed by atoms with Crippen LogP contribution in [0.15, 0.2) is 54.6 Å². The molecule has 0 aliphatic rings. The van der Waals surface area contributed by atoms with Gasteiger partial charge in [0.1, 0.15) is 0 Å². The Hall–Kier alpha value is -2.50. The molecule has 0 radical (unpaired) electrons. The number of amides is 1. The van der Waals surface area contributed by atoms with Crippen LogP contribution in [-0.2, 0) is 0 Å². The van der Waals surface area contributed by atoms with Crippen LogP contribution in [0.25, 0.3) is 11.3 Å². The summed E-state index contributed by atoms with van der Waals surface area (Å²) in [5.74, 6) is -0.381. The van der Waals surface area contributed by atoms with E-state index in [2.05, 4.69) is 10.3 Å². The Bertz CT molecular complexity index is 889. The largest absolute Gasteiger partial charge is 0.298 e. The number of hydrogen-bond donors (Lipinski definition) is 1. The molecule has 0 unspecified atom stereocenters. The quantitative estimate of drug-likeness (QED) is 0.675. The summed E-state index contributed by atoms with van der Waals surface area (Å²) in [6.07, 6.45) is 0. The van der Waals surface area contributed by atoms with E-state index in [1.54, 1.807) is 24.3 Å². The highest BCUT2D eigenvalue weighted by Crippen LogP contribution is 2.31. The molecule has 3 aromatic rings. The van der Waals surface area contributed by atoms with E-state index < -0.39 is 0 Å². The number of rotatable bonds is 4. The molecule has 0 fully saturated rings. The maximum Gasteiger partial charge on any atom is 0.257 e. The molecule has 1 N–H and O–H groups in total. The first kappa shape index (κ1) is 16.4. The lowest BCUT2D eigenvalue weighted by molar-refractivity contribution is 0.101. The van der Waals surface area contributed by atoms with Crippen LogP contribution in [0.2, 0.25) is 5.02 Å². The number of hydrogen-bond acceptors (Lipinski definition) is 4. The molecule has 0 saturated heterocycles. The van der Waals surface area contributed by atoms with Gasteiger partial charge in [0.15, 0.2) is 10.9 Å². The number of halogens is 1. The highest BCUT2D eigenvalue weighted by atomic mass is 35.5. The third-order valence-electron chi connectivity index (χ3n) is 3.32. The van der Waals surface area contributed by atoms with Crippen LogP contribution in [0.3, 0.4) is 0 Å². The van der Waals surface area contributed by atoms with Gasteiger partial charge in [0.2, 0.25) is 0 Å². The van der Waals surface area contributed by atoms with Crippen molar-refractivity contribution in [1.29, 1.82) is 0 Å². The fraction of sp³-hybridized carbons (Fsp3) is 0.0556. The van der Waals surface area contributed by atoms with Crippen molar-refractivity contribution in [2.45, 2.75) is 6.92 Å². The number of Topliss-reactive ketones (excluding diaryl/α,β-unsaturated/α-hetero) is 1. The summed E-state index contributed by atoms with van der Waals surface area (Å²) in [5.41, 5.74) is 1.89. The summed E-state index contributed by atoms with van der Waals surface area (Å²) in [7, 11) is 0. The van der Waals surface area contributed by atoms with Crippen LogP contribution in [-0.4, -0.2) is 16.7 Å². The van der Waals surface area contributed by atoms with Gasteiger partial charge in [-0.3, -0.25) is 14.9 Å². The van der Waals surface area contributed by atoms with E-state index in [0.717, 1.165) is 5.56 Å². The van der Waals surface area contributed by atoms with E-state index in [0.29, 0.717) is 26.3 Å². The number of anilines is 1. The zero-order valence-electron chi connectivity index (χ0n) is 12.7. The first-order valence-electron chi connectivity index (χ1n) is 7.18. The number of thiazole rings is 1. The predicted octanol–water partition coefficient (Wildman–Crippen LogP) is 4.92. The fourth-order valence-corrected chi connectivity index (χ4v) is 3.18. The number of ketones is 1. The van der Waals surface area contributed by atoms with Crippen molar-refractivity contribution in [3.05, 3.63) is 70.1 Å². The lowest BCUT2D eigenvalue weighted by Crippen LogP contribution is -2.11. The molecule has 120 valence electrons. The molecular weight excluding hydrogens is 344 g/mol. The summed E-state index contributed by atoms with van der Waals surface area (Å²) in [5, 5.41) is 3.69. The Balaban J connectivity index is 1.90. The van der Waals surface area contributed by atoms with Gasteiger partial charge >= 0.3 is 0 Å². The molecule has 0 aliphatic carbocycles. The van der Waals surface area contributed by atoms with Crippen LogP contribution in [0.1, 0.15) is 27.0 Å². The predicted molar refractivity (Wildman–Crippen MR) is 97.0 cm³/mol. The summed E-state index contributed by atoms with van der Waals surface area (Å²) < 4.78 is 0. The minimum absolute atomic E-state index is 0.0849. The minimum Gasteiger partial charge on any atom is -0.298 e. The fourth-order valence-electron chi connectivity index (χ4n) is 2.17. The monoisotopic (exact) mass is 356 g/mol. The normalized spacial score (nSPS) is 10.4. The van der Waals surface area contributed by atoms with Crippen LogP contribution in [0.4, 0.5) is 5.13 Å². The molecule has 1 aromatic heterocycles. The molecule has 0 saturated carbocycles. The molecule has 3 rings (SSSR count). The smallest absolute Gasteiger partial charge is 0.257 e. The van der Waals surface area contributed by atoms with Crippen molar-refractivity contribution in [2.24, 2.45) is 0 Å². The van der Waals surface area contributed by atoms with Crippen molar-refractivity contribution < 1.29 is 9.59 Å². The number of nitrogens with zero attached hydrogens (tertiary/aromatic N) is 1. The van der Waals surface area contributed by atoms with Gasteiger partial charge in [-0.05, 0) is 24.3 Å². The number of aromatic nitrogens is 1. The van der Waals surface area contributed by atoms with Crippen molar-refractivity contribution in [2.75, 3.05) is 5.32 Å². The van der Waals surface area contributed by atoms with Crippen LogP contribution < -0.4 is 5.32 Å². The van der Waals surface area contributed by atoms with Gasteiger partial charge in [0.05, 0.1) is 10.6 Å². The average molecular weight is 357 g/mol. The van der Waals surface area contributed by atoms with Gasteiger partial charge in [-0.15, -0.1) is 0 Å². The summed E-state index contributed by atoms with van der Waals surface area (Å²) in [6.45, 7) is 1.49. The summed E-state index contributed by atoms with van der Waals surface area (Å²) in [6, 6.07) is 16.0. The van der Waals surface area contributed by atoms with Crippen molar-refractivity contribution in [1.82, 2.24) is 4.98 Å². The van der Waals surface area contributed by atoms with Gasteiger partial charge in [-0.1, -0.05) is 53.3 Å². The van der Waals surface area contributed by atoms with Gasteiger partial charge < -0.3 is 0 Å². The summed E-state index contributed by atoms with van der Waals surface area (Å²) in [4.78, 5) is 29.1. The number of carbonyl (C=O) groups is 2. The highest BCUT2D eigenvalue weighted by molar-refractivity contribution is 7.18. The molecule has 1 heterocycles. The Morgan fingerprint density at radius 3 is 2.33 bits per heavy atom. The van der Waals surface area contributed by atoms with E-state index >= 15 is 0 Å². The topological polar surface area (TPSA) is 59.1 Å². The van der Waals surface area contributed by atoms with Crippen molar-refractivity contribution >= 4 is 39.8 Å². The Morgan fingerprint density at radius 2 is 1.71 bits per heavy atom. The molecule has 24 heavy (non-hydrogen) atoms. The first-order chi connectivity index (χ1) is 11.5. The zero-order valence-corrected chi connectivity index (χ0v) is 14.3. The van der Waals surface area contributed by atoms with Crippen molar-refractivity contribution in [3.8, 4) is 11.3 Å². The van der Waals surface area contributed by atoms with E-state index in [1.807, 2.05) is 30.3 Å². The molecule has 0 aliphatic heterocycles. The third-order valence-corrected chi connectivity index (χ3v) is 4.64.